The van der Waals surface area contributed by atoms with Crippen LogP contribution in [-0.2, 0) is 9.53 Å². The summed E-state index contributed by atoms with van der Waals surface area (Å²) in [5.41, 5.74) is 3.80. The second-order valence-electron chi connectivity index (χ2n) is 8.85. The van der Waals surface area contributed by atoms with Gasteiger partial charge in [-0.1, -0.05) is 48.0 Å². The first-order chi connectivity index (χ1) is 19.2. The summed E-state index contributed by atoms with van der Waals surface area (Å²) < 4.78 is 4.79. The number of aliphatic hydroxyl groups excluding tert-OH is 3. The molecule has 4 rings (SSSR count). The molecule has 10 nitrogen and oxygen atoms in total. The summed E-state index contributed by atoms with van der Waals surface area (Å²) >= 11 is 5.95. The highest BCUT2D eigenvalue weighted by atomic mass is 35.5. The Labute approximate surface area is 237 Å². The van der Waals surface area contributed by atoms with Gasteiger partial charge in [0, 0.05) is 36.8 Å². The van der Waals surface area contributed by atoms with E-state index in [9.17, 15) is 9.90 Å². The summed E-state index contributed by atoms with van der Waals surface area (Å²) in [5, 5.41) is 51.0. The van der Waals surface area contributed by atoms with Crippen LogP contribution < -0.4 is 10.6 Å². The smallest absolute Gasteiger partial charge is 0.335 e. The van der Waals surface area contributed by atoms with Crippen molar-refractivity contribution in [1.29, 1.82) is 0 Å². The Balaban J connectivity index is 0.000000427. The number of carboxylic acids is 1. The van der Waals surface area contributed by atoms with E-state index < -0.39 is 24.3 Å². The van der Waals surface area contributed by atoms with Gasteiger partial charge in [-0.25, -0.2) is 4.79 Å². The number of hydrogen-bond acceptors (Lipinski definition) is 8. The topological polar surface area (TPSA) is 169 Å². The molecular weight excluding hydrogens is 540 g/mol. The summed E-state index contributed by atoms with van der Waals surface area (Å²) in [4.78, 5) is 19.5. The number of nitrogens with one attached hydrogen (secondary N) is 2. The number of rotatable bonds is 9. The Morgan fingerprint density at radius 1 is 0.975 bits per heavy atom. The maximum Gasteiger partial charge on any atom is 0.335 e. The molecule has 1 heterocycles. The molecule has 0 bridgehead atoms. The van der Waals surface area contributed by atoms with Crippen molar-refractivity contribution in [3.05, 3.63) is 88.9 Å². The third-order valence-electron chi connectivity index (χ3n) is 5.67. The van der Waals surface area contributed by atoms with Gasteiger partial charge in [0.1, 0.15) is 0 Å². The molecule has 3 aromatic rings. The van der Waals surface area contributed by atoms with Gasteiger partial charge < -0.3 is 40.9 Å². The number of hydrogen-bond donors (Lipinski definition) is 7. The number of carboxylic acid groups (broad SMARTS) is 2. The minimum absolute atomic E-state index is 0.250. The third kappa shape index (κ3) is 12.1. The van der Waals surface area contributed by atoms with E-state index in [1.807, 2.05) is 42.5 Å². The molecule has 0 aromatic heterocycles. The molecule has 0 saturated carbocycles. The molecule has 7 N–H and O–H groups in total. The molecule has 1 aliphatic rings. The Hall–Kier alpha value is -3.51. The highest BCUT2D eigenvalue weighted by Gasteiger charge is 2.17. The number of halogens is 1. The van der Waals surface area contributed by atoms with Gasteiger partial charge in [-0.2, -0.15) is 0 Å². The summed E-state index contributed by atoms with van der Waals surface area (Å²) in [6, 6.07) is 21.9. The normalized spacial score (nSPS) is 16.8. The Morgan fingerprint density at radius 2 is 1.60 bits per heavy atom. The second-order valence-corrected chi connectivity index (χ2v) is 9.29. The third-order valence-corrected chi connectivity index (χ3v) is 5.91. The molecule has 216 valence electrons. The van der Waals surface area contributed by atoms with Crippen molar-refractivity contribution in [2.75, 3.05) is 38.2 Å². The van der Waals surface area contributed by atoms with E-state index in [1.54, 1.807) is 30.3 Å². The lowest BCUT2D eigenvalue weighted by molar-refractivity contribution is -0.122. The lowest BCUT2D eigenvalue weighted by Gasteiger charge is -2.21. The van der Waals surface area contributed by atoms with Crippen LogP contribution in [0, 0.1) is 0 Å². The predicted octanol–water partition coefficient (Wildman–Crippen LogP) is 3.27. The van der Waals surface area contributed by atoms with E-state index >= 15 is 0 Å². The molecular formula is C29H35ClN2O8. The minimum Gasteiger partial charge on any atom is -0.483 e. The van der Waals surface area contributed by atoms with Gasteiger partial charge in [0.15, 0.2) is 0 Å². The Kier molecular flexibility index (Phi) is 14.7. The summed E-state index contributed by atoms with van der Waals surface area (Å²) in [6.07, 6.45) is -1.07. The zero-order chi connectivity index (χ0) is 29.3. The Morgan fingerprint density at radius 3 is 2.20 bits per heavy atom. The zero-order valence-corrected chi connectivity index (χ0v) is 22.6. The number of aliphatic hydroxyl groups is 3. The number of carbonyl (C=O) groups is 2. The van der Waals surface area contributed by atoms with Gasteiger partial charge in [-0.05, 0) is 53.1 Å². The molecule has 3 atom stereocenters. The van der Waals surface area contributed by atoms with E-state index in [4.69, 9.17) is 41.6 Å². The average molecular weight is 575 g/mol. The number of anilines is 1. The van der Waals surface area contributed by atoms with E-state index in [0.29, 0.717) is 44.3 Å². The average Bonchev–Trinajstić information content (AvgIpc) is 2.94. The van der Waals surface area contributed by atoms with Crippen molar-refractivity contribution in [3.63, 3.8) is 0 Å². The molecule has 0 aliphatic carbocycles. The Bertz CT molecular complexity index is 1190. The van der Waals surface area contributed by atoms with Crippen LogP contribution in [0.2, 0.25) is 5.02 Å². The summed E-state index contributed by atoms with van der Waals surface area (Å²) in [6.45, 7) is 2.29. The highest BCUT2D eigenvalue weighted by molar-refractivity contribution is 6.30. The largest absolute Gasteiger partial charge is 0.483 e. The van der Waals surface area contributed by atoms with Crippen LogP contribution >= 0.6 is 11.6 Å². The van der Waals surface area contributed by atoms with Crippen LogP contribution in [0.5, 0.6) is 0 Å². The lowest BCUT2D eigenvalue weighted by Crippen LogP contribution is -2.32. The SMILES string of the molecule is O=C(O)c1cccc(-c2cccc(NCCNCC(O)c3cccc(Cl)c3)c2)c1.O=CO.OC1COCC(O)C1. The summed E-state index contributed by atoms with van der Waals surface area (Å²) in [7, 11) is 0. The van der Waals surface area contributed by atoms with E-state index in [2.05, 4.69) is 10.6 Å². The first-order valence-corrected chi connectivity index (χ1v) is 12.9. The van der Waals surface area contributed by atoms with Crippen molar-refractivity contribution < 1.29 is 39.9 Å². The van der Waals surface area contributed by atoms with Gasteiger partial charge >= 0.3 is 5.97 Å². The standard InChI is InChI=1S/C23H23ClN2O3.C5H10O3.CH2O2/c24-20-8-2-6-18(13-20)22(27)15-25-10-11-26-21-9-3-5-17(14-21)16-4-1-7-19(12-16)23(28)29;6-4-1-5(7)3-8-2-4;2-1-3/h1-9,12-14,22,25-27H,10-11,15H2,(H,28,29);4-7H,1-3H2;1H,(H,2,3). The van der Waals surface area contributed by atoms with E-state index in [0.717, 1.165) is 22.4 Å². The quantitative estimate of drug-likeness (QED) is 0.149. The number of benzene rings is 3. The minimum atomic E-state index is -0.938. The molecule has 1 aliphatic heterocycles. The fourth-order valence-corrected chi connectivity index (χ4v) is 4.00. The van der Waals surface area contributed by atoms with Crippen molar-refractivity contribution in [2.24, 2.45) is 0 Å². The van der Waals surface area contributed by atoms with Gasteiger partial charge in [0.25, 0.3) is 6.47 Å². The molecule has 11 heteroatoms. The number of ether oxygens (including phenoxy) is 1. The molecule has 0 spiro atoms. The fraction of sp³-hybridized carbons (Fsp3) is 0.310. The fourth-order valence-electron chi connectivity index (χ4n) is 3.80. The van der Waals surface area contributed by atoms with Gasteiger partial charge in [0.05, 0.1) is 37.1 Å². The van der Waals surface area contributed by atoms with E-state index in [-0.39, 0.29) is 12.0 Å². The van der Waals surface area contributed by atoms with Crippen LogP contribution in [0.15, 0.2) is 72.8 Å². The second kappa shape index (κ2) is 18.0. The van der Waals surface area contributed by atoms with Crippen LogP contribution in [-0.4, -0.2) is 83.0 Å². The van der Waals surface area contributed by atoms with Crippen molar-refractivity contribution >= 4 is 29.7 Å². The lowest BCUT2D eigenvalue weighted by atomic mass is 10.0. The highest BCUT2D eigenvalue weighted by Crippen LogP contribution is 2.23. The monoisotopic (exact) mass is 574 g/mol. The van der Waals surface area contributed by atoms with E-state index in [1.165, 1.54) is 0 Å². The maximum absolute atomic E-state index is 11.2. The van der Waals surface area contributed by atoms with Crippen LogP contribution in [0.25, 0.3) is 11.1 Å². The van der Waals surface area contributed by atoms with Gasteiger partial charge in [-0.3, -0.25) is 4.79 Å². The van der Waals surface area contributed by atoms with Crippen molar-refractivity contribution in [3.8, 4) is 11.1 Å². The van der Waals surface area contributed by atoms with Crippen LogP contribution in [0.4, 0.5) is 5.69 Å². The first-order valence-electron chi connectivity index (χ1n) is 12.6. The van der Waals surface area contributed by atoms with Gasteiger partial charge in [0.2, 0.25) is 0 Å². The van der Waals surface area contributed by atoms with Gasteiger partial charge in [-0.15, -0.1) is 0 Å². The van der Waals surface area contributed by atoms with Crippen molar-refractivity contribution in [2.45, 2.75) is 24.7 Å². The van der Waals surface area contributed by atoms with Crippen LogP contribution in [0.3, 0.4) is 0 Å². The molecule has 3 unspecified atom stereocenters. The first kappa shape index (κ1) is 32.7. The molecule has 1 fully saturated rings. The molecule has 0 radical (unpaired) electrons. The molecule has 1 saturated heterocycles. The predicted molar refractivity (Wildman–Crippen MR) is 153 cm³/mol. The van der Waals surface area contributed by atoms with Crippen LogP contribution in [0.1, 0.15) is 28.4 Å². The maximum atomic E-state index is 11.2. The molecule has 0 amide bonds. The zero-order valence-electron chi connectivity index (χ0n) is 21.8. The molecule has 3 aromatic carbocycles. The number of aromatic carboxylic acids is 1. The summed E-state index contributed by atoms with van der Waals surface area (Å²) in [5.74, 6) is -0.938. The van der Waals surface area contributed by atoms with Crippen molar-refractivity contribution in [1.82, 2.24) is 5.32 Å². The molecule has 40 heavy (non-hydrogen) atoms.